The molecule has 0 saturated carbocycles. The quantitative estimate of drug-likeness (QED) is 0.691. The van der Waals surface area contributed by atoms with E-state index in [9.17, 15) is 14.7 Å². The molecule has 0 aliphatic carbocycles. The Bertz CT molecular complexity index is 883. The summed E-state index contributed by atoms with van der Waals surface area (Å²) in [6.07, 6.45) is 0.866. The summed E-state index contributed by atoms with van der Waals surface area (Å²) in [6.45, 7) is 7.90. The first-order valence-corrected chi connectivity index (χ1v) is 11.6. The summed E-state index contributed by atoms with van der Waals surface area (Å²) in [6, 6.07) is 7.77. The predicted octanol–water partition coefficient (Wildman–Crippen LogP) is 0.914. The van der Waals surface area contributed by atoms with Gasteiger partial charge in [0.2, 0.25) is 11.8 Å². The third-order valence-corrected chi connectivity index (χ3v) is 6.61. The van der Waals surface area contributed by atoms with Gasteiger partial charge in [0.25, 0.3) is 0 Å². The normalized spacial score (nSPS) is 25.8. The summed E-state index contributed by atoms with van der Waals surface area (Å²) < 4.78 is 5.35. The summed E-state index contributed by atoms with van der Waals surface area (Å²) in [5.74, 6) is 6.87. The summed E-state index contributed by atoms with van der Waals surface area (Å²) in [4.78, 5) is 31.2. The van der Waals surface area contributed by atoms with Gasteiger partial charge >= 0.3 is 0 Å². The minimum absolute atomic E-state index is 0.0122. The lowest BCUT2D eigenvalue weighted by molar-refractivity contribution is -0.167. The fourth-order valence-corrected chi connectivity index (χ4v) is 4.89. The van der Waals surface area contributed by atoms with E-state index < -0.39 is 0 Å². The van der Waals surface area contributed by atoms with E-state index in [1.807, 2.05) is 24.3 Å². The van der Waals surface area contributed by atoms with Crippen molar-refractivity contribution in [1.82, 2.24) is 14.7 Å². The number of piperazine rings is 1. The van der Waals surface area contributed by atoms with Gasteiger partial charge < -0.3 is 19.6 Å². The Kier molecular flexibility index (Phi) is 7.14. The maximum absolute atomic E-state index is 12.9. The van der Waals surface area contributed by atoms with Crippen molar-refractivity contribution in [3.05, 3.63) is 35.4 Å². The molecule has 1 N–H and O–H groups in total. The monoisotopic (exact) mass is 439 g/mol. The van der Waals surface area contributed by atoms with Gasteiger partial charge in [0.1, 0.15) is 0 Å². The zero-order valence-electron chi connectivity index (χ0n) is 19.0. The summed E-state index contributed by atoms with van der Waals surface area (Å²) in [5, 5.41) is 9.97. The average Bonchev–Trinajstić information content (AvgIpc) is 2.76. The molecule has 1 aromatic carbocycles. The zero-order chi connectivity index (χ0) is 22.7. The highest BCUT2D eigenvalue weighted by Gasteiger charge is 2.54. The van der Waals surface area contributed by atoms with Crippen molar-refractivity contribution in [2.24, 2.45) is 5.92 Å². The first-order valence-electron chi connectivity index (χ1n) is 11.6. The molecule has 0 spiro atoms. The van der Waals surface area contributed by atoms with E-state index in [1.54, 1.807) is 9.80 Å². The number of aliphatic hydroxyl groups is 1. The molecule has 4 rings (SSSR count). The van der Waals surface area contributed by atoms with Crippen LogP contribution in [0.25, 0.3) is 0 Å². The second kappa shape index (κ2) is 10.0. The Morgan fingerprint density at radius 1 is 1.22 bits per heavy atom. The molecule has 3 aliphatic heterocycles. The second-order valence-corrected chi connectivity index (χ2v) is 9.33. The molecule has 0 aromatic heterocycles. The highest BCUT2D eigenvalue weighted by atomic mass is 16.5. The third-order valence-electron chi connectivity index (χ3n) is 6.61. The minimum Gasteiger partial charge on any atom is -0.394 e. The average molecular weight is 440 g/mol. The number of benzene rings is 1. The fraction of sp³-hybridized carbons (Fsp3) is 0.600. The Balaban J connectivity index is 1.44. The van der Waals surface area contributed by atoms with Gasteiger partial charge in [0.15, 0.2) is 0 Å². The first kappa shape index (κ1) is 22.8. The maximum Gasteiger partial charge on any atom is 0.242 e. The van der Waals surface area contributed by atoms with Gasteiger partial charge in [-0.25, -0.2) is 0 Å². The Labute approximate surface area is 190 Å². The molecule has 172 valence electrons. The Hall–Kier alpha value is -2.40. The lowest BCUT2D eigenvalue weighted by Gasteiger charge is -2.58. The van der Waals surface area contributed by atoms with Gasteiger partial charge in [-0.3, -0.25) is 14.5 Å². The lowest BCUT2D eigenvalue weighted by atomic mass is 9.73. The number of fused-ring (bicyclic) bond motifs is 1. The van der Waals surface area contributed by atoms with Crippen molar-refractivity contribution in [3.8, 4) is 11.8 Å². The number of rotatable bonds is 5. The number of nitrogens with zero attached hydrogens (tertiary/aromatic N) is 3. The molecular formula is C25H33N3O4. The largest absolute Gasteiger partial charge is 0.394 e. The minimum atomic E-state index is -0.234. The van der Waals surface area contributed by atoms with Crippen LogP contribution in [0.4, 0.5) is 0 Å². The second-order valence-electron chi connectivity index (χ2n) is 9.33. The van der Waals surface area contributed by atoms with Gasteiger partial charge in [-0.05, 0) is 23.6 Å². The fourth-order valence-electron chi connectivity index (χ4n) is 4.89. The summed E-state index contributed by atoms with van der Waals surface area (Å²) >= 11 is 0. The van der Waals surface area contributed by atoms with Crippen LogP contribution >= 0.6 is 0 Å². The molecule has 0 unspecified atom stereocenters. The predicted molar refractivity (Wildman–Crippen MR) is 121 cm³/mol. The SMILES string of the molecule is CC(C)CC#Cc1ccc([C@H]2[C@H](CO)N3C(=O)CN(C(=O)CN4CCOCC4)C[C@@H]23)cc1. The number of ether oxygens (including phenoxy) is 1. The van der Waals surface area contributed by atoms with Gasteiger partial charge in [-0.1, -0.05) is 37.8 Å². The van der Waals surface area contributed by atoms with Crippen LogP contribution in [-0.2, 0) is 14.3 Å². The smallest absolute Gasteiger partial charge is 0.242 e. The molecule has 2 amide bonds. The van der Waals surface area contributed by atoms with Gasteiger partial charge in [-0.15, -0.1) is 0 Å². The van der Waals surface area contributed by atoms with Crippen molar-refractivity contribution in [2.45, 2.75) is 38.3 Å². The lowest BCUT2D eigenvalue weighted by Crippen LogP contribution is -2.73. The summed E-state index contributed by atoms with van der Waals surface area (Å²) in [5.41, 5.74) is 2.04. The van der Waals surface area contributed by atoms with E-state index in [0.29, 0.717) is 32.2 Å². The molecule has 3 saturated heterocycles. The van der Waals surface area contributed by atoms with Gasteiger partial charge in [0.05, 0.1) is 45.0 Å². The number of amides is 2. The number of hydrogen-bond donors (Lipinski definition) is 1. The standard InChI is InChI=1S/C25H33N3O4/c1-18(2)4-3-5-19-6-8-20(9-7-19)25-21-14-27(16-24(31)28(21)22(25)17-29)23(30)15-26-10-12-32-13-11-26/h6-9,18,21-22,25,29H,4,10-17H2,1-2H3/t21-,22-,25+/m0/s1. The molecule has 1 aromatic rings. The van der Waals surface area contributed by atoms with E-state index in [-0.39, 0.29) is 43.0 Å². The molecule has 3 aliphatic rings. The third kappa shape index (κ3) is 4.83. The van der Waals surface area contributed by atoms with Crippen LogP contribution in [0, 0.1) is 17.8 Å². The zero-order valence-corrected chi connectivity index (χ0v) is 19.0. The number of carbonyl (C=O) groups is 2. The molecule has 32 heavy (non-hydrogen) atoms. The molecule has 7 nitrogen and oxygen atoms in total. The number of hydrogen-bond acceptors (Lipinski definition) is 5. The van der Waals surface area contributed by atoms with Crippen LogP contribution in [0.2, 0.25) is 0 Å². The molecular weight excluding hydrogens is 406 g/mol. The number of aliphatic hydroxyl groups excluding tert-OH is 1. The van der Waals surface area contributed by atoms with Crippen LogP contribution in [0.3, 0.4) is 0 Å². The van der Waals surface area contributed by atoms with Crippen LogP contribution in [-0.4, -0.2) is 96.2 Å². The van der Waals surface area contributed by atoms with E-state index in [1.165, 1.54) is 0 Å². The van der Waals surface area contributed by atoms with Crippen molar-refractivity contribution in [2.75, 3.05) is 52.5 Å². The van der Waals surface area contributed by atoms with Crippen LogP contribution in [0.15, 0.2) is 24.3 Å². The number of carbonyl (C=O) groups excluding carboxylic acids is 2. The highest BCUT2D eigenvalue weighted by Crippen LogP contribution is 2.42. The van der Waals surface area contributed by atoms with E-state index in [2.05, 4.69) is 30.6 Å². The summed E-state index contributed by atoms with van der Waals surface area (Å²) in [7, 11) is 0. The molecule has 3 atom stereocenters. The van der Waals surface area contributed by atoms with E-state index in [0.717, 1.165) is 30.6 Å². The Morgan fingerprint density at radius 3 is 2.59 bits per heavy atom. The van der Waals surface area contributed by atoms with Crippen molar-refractivity contribution in [1.29, 1.82) is 0 Å². The van der Waals surface area contributed by atoms with Crippen LogP contribution in [0.1, 0.15) is 37.3 Å². The van der Waals surface area contributed by atoms with Gasteiger partial charge in [0, 0.05) is 37.5 Å². The molecule has 3 heterocycles. The molecule has 7 heteroatoms. The molecule has 0 bridgehead atoms. The molecule has 3 fully saturated rings. The van der Waals surface area contributed by atoms with E-state index >= 15 is 0 Å². The van der Waals surface area contributed by atoms with E-state index in [4.69, 9.17) is 4.74 Å². The van der Waals surface area contributed by atoms with Crippen LogP contribution in [0.5, 0.6) is 0 Å². The van der Waals surface area contributed by atoms with Gasteiger partial charge in [-0.2, -0.15) is 0 Å². The van der Waals surface area contributed by atoms with Crippen molar-refractivity contribution >= 4 is 11.8 Å². The van der Waals surface area contributed by atoms with Crippen LogP contribution < -0.4 is 0 Å². The van der Waals surface area contributed by atoms with Crippen molar-refractivity contribution < 1.29 is 19.4 Å². The molecule has 0 radical (unpaired) electrons. The topological polar surface area (TPSA) is 73.3 Å². The first-order chi connectivity index (χ1) is 15.5. The Morgan fingerprint density at radius 2 is 1.94 bits per heavy atom. The highest BCUT2D eigenvalue weighted by molar-refractivity contribution is 5.88. The van der Waals surface area contributed by atoms with Crippen molar-refractivity contribution in [3.63, 3.8) is 0 Å². The number of morpholine rings is 1. The maximum atomic E-state index is 12.9.